The van der Waals surface area contributed by atoms with Gasteiger partial charge in [0.2, 0.25) is 0 Å². The summed E-state index contributed by atoms with van der Waals surface area (Å²) >= 11 is 0. The minimum absolute atomic E-state index is 0.0589. The van der Waals surface area contributed by atoms with Gasteiger partial charge in [0.1, 0.15) is 5.75 Å². The van der Waals surface area contributed by atoms with Gasteiger partial charge in [-0.25, -0.2) is 0 Å². The molecule has 20 heavy (non-hydrogen) atoms. The largest absolute Gasteiger partial charge is 0.494 e. The molecule has 1 heterocycles. The zero-order chi connectivity index (χ0) is 14.7. The van der Waals surface area contributed by atoms with E-state index in [2.05, 4.69) is 6.92 Å². The normalized spacial score (nSPS) is 21.9. The van der Waals surface area contributed by atoms with Crippen LogP contribution in [0.1, 0.15) is 37.6 Å². The number of carbonyl (C=O) groups excluding carboxylic acids is 2. The van der Waals surface area contributed by atoms with Gasteiger partial charge in [0, 0.05) is 12.1 Å². The SMILES string of the molecule is CCOc1cccc(C(=O)N2CC(C)CC2C(C)=O)c1. The molecule has 108 valence electrons. The lowest BCUT2D eigenvalue weighted by Gasteiger charge is -2.22. The van der Waals surface area contributed by atoms with E-state index in [9.17, 15) is 9.59 Å². The summed E-state index contributed by atoms with van der Waals surface area (Å²) in [7, 11) is 0. The van der Waals surface area contributed by atoms with Gasteiger partial charge in [-0.2, -0.15) is 0 Å². The molecule has 0 bridgehead atoms. The predicted octanol–water partition coefficient (Wildman–Crippen LogP) is 2.52. The summed E-state index contributed by atoms with van der Waals surface area (Å²) < 4.78 is 5.42. The average molecular weight is 275 g/mol. The molecule has 2 unspecified atom stereocenters. The summed E-state index contributed by atoms with van der Waals surface area (Å²) in [5, 5.41) is 0. The van der Waals surface area contributed by atoms with Crippen molar-refractivity contribution in [2.75, 3.05) is 13.2 Å². The second-order valence-corrected chi connectivity index (χ2v) is 5.39. The van der Waals surface area contributed by atoms with Gasteiger partial charge in [0.05, 0.1) is 12.6 Å². The standard InChI is InChI=1S/C16H21NO3/c1-4-20-14-7-5-6-13(9-14)16(19)17-10-11(2)8-15(17)12(3)18/h5-7,9,11,15H,4,8,10H2,1-3H3. The average Bonchev–Trinajstić information content (AvgIpc) is 2.81. The molecule has 1 aliphatic rings. The second kappa shape index (κ2) is 6.07. The Hall–Kier alpha value is -1.84. The van der Waals surface area contributed by atoms with E-state index in [1.165, 1.54) is 0 Å². The summed E-state index contributed by atoms with van der Waals surface area (Å²) in [6.07, 6.45) is 0.756. The summed E-state index contributed by atoms with van der Waals surface area (Å²) in [5.41, 5.74) is 0.580. The molecular weight excluding hydrogens is 254 g/mol. The fraction of sp³-hybridized carbons (Fsp3) is 0.500. The Labute approximate surface area is 119 Å². The van der Waals surface area contributed by atoms with Gasteiger partial charge in [0.15, 0.2) is 5.78 Å². The van der Waals surface area contributed by atoms with Gasteiger partial charge in [-0.1, -0.05) is 13.0 Å². The number of hydrogen-bond acceptors (Lipinski definition) is 3. The first-order valence-electron chi connectivity index (χ1n) is 7.07. The second-order valence-electron chi connectivity index (χ2n) is 5.39. The maximum atomic E-state index is 12.6. The monoisotopic (exact) mass is 275 g/mol. The lowest BCUT2D eigenvalue weighted by molar-refractivity contribution is -0.120. The molecule has 0 aromatic heterocycles. The van der Waals surface area contributed by atoms with Crippen LogP contribution in [0.5, 0.6) is 5.75 Å². The van der Waals surface area contributed by atoms with Crippen LogP contribution in [-0.2, 0) is 4.79 Å². The fourth-order valence-electron chi connectivity index (χ4n) is 2.71. The zero-order valence-electron chi connectivity index (χ0n) is 12.3. The highest BCUT2D eigenvalue weighted by Gasteiger charge is 2.36. The quantitative estimate of drug-likeness (QED) is 0.848. The molecular formula is C16H21NO3. The number of ketones is 1. The molecule has 0 aliphatic carbocycles. The van der Waals surface area contributed by atoms with Crippen LogP contribution in [0.4, 0.5) is 0 Å². The molecule has 1 saturated heterocycles. The Morgan fingerprint density at radius 2 is 2.15 bits per heavy atom. The van der Waals surface area contributed by atoms with Crippen LogP contribution >= 0.6 is 0 Å². The van der Waals surface area contributed by atoms with E-state index in [1.54, 1.807) is 30.0 Å². The van der Waals surface area contributed by atoms with E-state index < -0.39 is 0 Å². The number of benzene rings is 1. The first-order valence-corrected chi connectivity index (χ1v) is 7.07. The van der Waals surface area contributed by atoms with E-state index >= 15 is 0 Å². The molecule has 0 radical (unpaired) electrons. The predicted molar refractivity (Wildman–Crippen MR) is 76.9 cm³/mol. The number of rotatable bonds is 4. The van der Waals surface area contributed by atoms with Crippen LogP contribution in [-0.4, -0.2) is 35.8 Å². The highest BCUT2D eigenvalue weighted by Crippen LogP contribution is 2.26. The Bertz CT molecular complexity index is 512. The Balaban J connectivity index is 2.21. The van der Waals surface area contributed by atoms with E-state index in [-0.39, 0.29) is 17.7 Å². The molecule has 1 aliphatic heterocycles. The number of carbonyl (C=O) groups is 2. The van der Waals surface area contributed by atoms with E-state index in [4.69, 9.17) is 4.74 Å². The van der Waals surface area contributed by atoms with Crippen LogP contribution in [0.2, 0.25) is 0 Å². The molecule has 1 aromatic rings. The Kier molecular flexibility index (Phi) is 4.42. The van der Waals surface area contributed by atoms with E-state index in [0.29, 0.717) is 30.4 Å². The number of Topliss-reactive ketones (excluding diaryl/α,β-unsaturated/α-hetero) is 1. The lowest BCUT2D eigenvalue weighted by Crippen LogP contribution is -2.39. The van der Waals surface area contributed by atoms with Crippen molar-refractivity contribution in [3.8, 4) is 5.75 Å². The van der Waals surface area contributed by atoms with Gasteiger partial charge >= 0.3 is 0 Å². The maximum Gasteiger partial charge on any atom is 0.254 e. The molecule has 0 N–H and O–H groups in total. The minimum Gasteiger partial charge on any atom is -0.494 e. The molecule has 0 spiro atoms. The van der Waals surface area contributed by atoms with Gasteiger partial charge in [0.25, 0.3) is 5.91 Å². The van der Waals surface area contributed by atoms with Crippen molar-refractivity contribution in [2.24, 2.45) is 5.92 Å². The Morgan fingerprint density at radius 1 is 1.40 bits per heavy atom. The maximum absolute atomic E-state index is 12.6. The first-order chi connectivity index (χ1) is 9.52. The third kappa shape index (κ3) is 3.00. The van der Waals surface area contributed by atoms with E-state index in [1.807, 2.05) is 13.0 Å². The van der Waals surface area contributed by atoms with Crippen molar-refractivity contribution in [3.63, 3.8) is 0 Å². The molecule has 2 rings (SSSR count). The number of likely N-dealkylation sites (tertiary alicyclic amines) is 1. The summed E-state index contributed by atoms with van der Waals surface area (Å²) in [5.74, 6) is 1.02. The van der Waals surface area contributed by atoms with Crippen molar-refractivity contribution in [1.29, 1.82) is 0 Å². The molecule has 4 heteroatoms. The Morgan fingerprint density at radius 3 is 2.80 bits per heavy atom. The molecule has 1 fully saturated rings. The highest BCUT2D eigenvalue weighted by molar-refractivity contribution is 5.98. The minimum atomic E-state index is -0.284. The van der Waals surface area contributed by atoms with Crippen LogP contribution in [0.3, 0.4) is 0 Å². The van der Waals surface area contributed by atoms with Crippen LogP contribution in [0, 0.1) is 5.92 Å². The summed E-state index contributed by atoms with van der Waals surface area (Å²) in [6.45, 7) is 6.73. The number of nitrogens with zero attached hydrogens (tertiary/aromatic N) is 1. The summed E-state index contributed by atoms with van der Waals surface area (Å²) in [6, 6.07) is 6.86. The fourth-order valence-corrected chi connectivity index (χ4v) is 2.71. The van der Waals surface area contributed by atoms with Crippen LogP contribution in [0.15, 0.2) is 24.3 Å². The molecule has 2 atom stereocenters. The van der Waals surface area contributed by atoms with Crippen molar-refractivity contribution < 1.29 is 14.3 Å². The summed E-state index contributed by atoms with van der Waals surface area (Å²) in [4.78, 5) is 26.0. The molecule has 4 nitrogen and oxygen atoms in total. The molecule has 1 aromatic carbocycles. The van der Waals surface area contributed by atoms with Crippen molar-refractivity contribution in [2.45, 2.75) is 33.2 Å². The molecule has 1 amide bonds. The number of ether oxygens (including phenoxy) is 1. The third-order valence-electron chi connectivity index (χ3n) is 3.63. The van der Waals surface area contributed by atoms with Crippen molar-refractivity contribution >= 4 is 11.7 Å². The molecule has 0 saturated carbocycles. The smallest absolute Gasteiger partial charge is 0.254 e. The number of amides is 1. The lowest BCUT2D eigenvalue weighted by atomic mass is 10.1. The zero-order valence-corrected chi connectivity index (χ0v) is 12.3. The van der Waals surface area contributed by atoms with Gasteiger partial charge in [-0.05, 0) is 44.4 Å². The van der Waals surface area contributed by atoms with Crippen LogP contribution < -0.4 is 4.74 Å². The van der Waals surface area contributed by atoms with Crippen LogP contribution in [0.25, 0.3) is 0 Å². The highest BCUT2D eigenvalue weighted by atomic mass is 16.5. The van der Waals surface area contributed by atoms with Gasteiger partial charge < -0.3 is 9.64 Å². The first kappa shape index (κ1) is 14.6. The van der Waals surface area contributed by atoms with Gasteiger partial charge in [-0.3, -0.25) is 9.59 Å². The van der Waals surface area contributed by atoms with Crippen molar-refractivity contribution in [1.82, 2.24) is 4.90 Å². The van der Waals surface area contributed by atoms with Crippen molar-refractivity contribution in [3.05, 3.63) is 29.8 Å². The van der Waals surface area contributed by atoms with E-state index in [0.717, 1.165) is 6.42 Å². The topological polar surface area (TPSA) is 46.6 Å². The number of hydrogen-bond donors (Lipinski definition) is 0. The van der Waals surface area contributed by atoms with Gasteiger partial charge in [-0.15, -0.1) is 0 Å². The third-order valence-corrected chi connectivity index (χ3v) is 3.63.